The molecule has 1 aromatic heterocycles. The van der Waals surface area contributed by atoms with Crippen LogP contribution in [0.15, 0.2) is 84.0 Å². The van der Waals surface area contributed by atoms with Crippen LogP contribution in [-0.4, -0.2) is 84.1 Å². The van der Waals surface area contributed by atoms with Crippen molar-refractivity contribution in [3.63, 3.8) is 0 Å². The van der Waals surface area contributed by atoms with E-state index in [2.05, 4.69) is 9.88 Å². The lowest BCUT2D eigenvalue weighted by Crippen LogP contribution is -2.45. The van der Waals surface area contributed by atoms with Gasteiger partial charge in [0.05, 0.1) is 11.5 Å². The average molecular weight is 570 g/mol. The zero-order valence-electron chi connectivity index (χ0n) is 22.4. The van der Waals surface area contributed by atoms with Crippen molar-refractivity contribution in [2.75, 3.05) is 33.3 Å². The second-order valence-corrected chi connectivity index (χ2v) is 11.3. The number of unbranched alkanes of at least 4 members (excludes halogenated alkanes) is 1. The Balaban J connectivity index is 0.000000482. The summed E-state index contributed by atoms with van der Waals surface area (Å²) in [6, 6.07) is 17.1. The van der Waals surface area contributed by atoms with Crippen LogP contribution in [-0.2, 0) is 19.6 Å². The van der Waals surface area contributed by atoms with Gasteiger partial charge in [0.1, 0.15) is 5.75 Å². The number of carboxylic acid groups (broad SMARTS) is 2. The molecule has 1 aliphatic heterocycles. The maximum atomic E-state index is 13.4. The summed E-state index contributed by atoms with van der Waals surface area (Å²) in [5, 5.41) is 17.2. The third-order valence-electron chi connectivity index (χ3n) is 6.62. The standard InChI is InChI=1S/C25H31N3O3S.C4H4O4/c1-27(32(29,30)25-11-7-8-21-20-26-15-12-24(21)25)22-13-17-28(18-14-22)16-5-6-19-31-23-9-3-2-4-10-23;5-3(6)1-2-4(7)8/h2-4,7-12,15,20,22H,5-6,13-14,16-19H2,1H3;1-2H,(H,5,6)(H,7,8). The summed E-state index contributed by atoms with van der Waals surface area (Å²) in [5.41, 5.74) is 0. The highest BCUT2D eigenvalue weighted by Gasteiger charge is 2.31. The molecule has 1 fully saturated rings. The molecule has 2 heterocycles. The highest BCUT2D eigenvalue weighted by Crippen LogP contribution is 2.28. The van der Waals surface area contributed by atoms with E-state index in [1.54, 1.807) is 41.9 Å². The first-order chi connectivity index (χ1) is 19.2. The highest BCUT2D eigenvalue weighted by molar-refractivity contribution is 7.89. The van der Waals surface area contributed by atoms with Gasteiger partial charge in [-0.2, -0.15) is 4.31 Å². The summed E-state index contributed by atoms with van der Waals surface area (Å²) in [6.45, 7) is 3.59. The Hall–Kier alpha value is -3.80. The summed E-state index contributed by atoms with van der Waals surface area (Å²) >= 11 is 0. The number of piperidine rings is 1. The Morgan fingerprint density at radius 3 is 2.33 bits per heavy atom. The molecule has 0 aliphatic carbocycles. The molecular formula is C29H35N3O7S. The number of ether oxygens (including phenoxy) is 1. The van der Waals surface area contributed by atoms with Crippen molar-refractivity contribution >= 4 is 32.7 Å². The lowest BCUT2D eigenvalue weighted by atomic mass is 10.1. The number of aromatic nitrogens is 1. The molecular weight excluding hydrogens is 534 g/mol. The second-order valence-electron chi connectivity index (χ2n) is 9.33. The van der Waals surface area contributed by atoms with Gasteiger partial charge >= 0.3 is 11.9 Å². The molecule has 40 heavy (non-hydrogen) atoms. The number of pyridine rings is 1. The molecule has 11 heteroatoms. The van der Waals surface area contributed by atoms with E-state index in [-0.39, 0.29) is 6.04 Å². The predicted octanol–water partition coefficient (Wildman–Crippen LogP) is 3.89. The number of likely N-dealkylation sites (tertiary alicyclic amines) is 1. The van der Waals surface area contributed by atoms with E-state index in [0.29, 0.717) is 17.0 Å². The number of hydrogen-bond acceptors (Lipinski definition) is 7. The van der Waals surface area contributed by atoms with E-state index in [4.69, 9.17) is 14.9 Å². The number of carboxylic acids is 2. The van der Waals surface area contributed by atoms with E-state index >= 15 is 0 Å². The van der Waals surface area contributed by atoms with Crippen molar-refractivity contribution in [2.24, 2.45) is 0 Å². The Morgan fingerprint density at radius 2 is 1.68 bits per heavy atom. The smallest absolute Gasteiger partial charge is 0.328 e. The molecule has 0 bridgehead atoms. The molecule has 4 rings (SSSR count). The number of aliphatic carboxylic acids is 2. The molecule has 0 saturated carbocycles. The average Bonchev–Trinajstić information content (AvgIpc) is 2.96. The lowest BCUT2D eigenvalue weighted by molar-refractivity contribution is -0.134. The first-order valence-electron chi connectivity index (χ1n) is 13.0. The van der Waals surface area contributed by atoms with Crippen LogP contribution in [0.2, 0.25) is 0 Å². The summed E-state index contributed by atoms with van der Waals surface area (Å²) in [6.07, 6.45) is 8.26. The second kappa shape index (κ2) is 15.1. The number of sulfonamides is 1. The van der Waals surface area contributed by atoms with E-state index in [9.17, 15) is 18.0 Å². The monoisotopic (exact) mass is 569 g/mol. The molecule has 0 atom stereocenters. The van der Waals surface area contributed by atoms with Gasteiger partial charge in [-0.25, -0.2) is 18.0 Å². The number of nitrogens with zero attached hydrogens (tertiary/aromatic N) is 3. The van der Waals surface area contributed by atoms with Crippen molar-refractivity contribution in [3.8, 4) is 5.75 Å². The molecule has 0 radical (unpaired) electrons. The molecule has 3 aromatic rings. The molecule has 2 N–H and O–H groups in total. The molecule has 1 aliphatic rings. The number of carbonyl (C=O) groups is 2. The largest absolute Gasteiger partial charge is 0.494 e. The minimum atomic E-state index is -3.56. The summed E-state index contributed by atoms with van der Waals surface area (Å²) in [7, 11) is -1.84. The molecule has 0 spiro atoms. The van der Waals surface area contributed by atoms with E-state index in [1.165, 1.54) is 0 Å². The van der Waals surface area contributed by atoms with Gasteiger partial charge in [-0.3, -0.25) is 4.98 Å². The van der Waals surface area contributed by atoms with Crippen molar-refractivity contribution < 1.29 is 33.0 Å². The van der Waals surface area contributed by atoms with Crippen molar-refractivity contribution in [1.29, 1.82) is 0 Å². The van der Waals surface area contributed by atoms with Gasteiger partial charge in [-0.15, -0.1) is 0 Å². The molecule has 10 nitrogen and oxygen atoms in total. The maximum Gasteiger partial charge on any atom is 0.328 e. The quantitative estimate of drug-likeness (QED) is 0.260. The fraction of sp³-hybridized carbons (Fsp3) is 0.345. The van der Waals surface area contributed by atoms with Gasteiger partial charge in [0.25, 0.3) is 0 Å². The Labute approximate surface area is 234 Å². The van der Waals surface area contributed by atoms with Gasteiger partial charge in [0.2, 0.25) is 10.0 Å². The van der Waals surface area contributed by atoms with E-state index < -0.39 is 22.0 Å². The topological polar surface area (TPSA) is 137 Å². The van der Waals surface area contributed by atoms with Crippen LogP contribution >= 0.6 is 0 Å². The normalized spacial score (nSPS) is 14.7. The number of fused-ring (bicyclic) bond motifs is 1. The zero-order chi connectivity index (χ0) is 29.0. The molecule has 0 amide bonds. The predicted molar refractivity (Wildman–Crippen MR) is 152 cm³/mol. The number of benzene rings is 2. The third kappa shape index (κ3) is 9.15. The van der Waals surface area contributed by atoms with Crippen LogP contribution in [0.25, 0.3) is 10.8 Å². The van der Waals surface area contributed by atoms with Crippen LogP contribution < -0.4 is 4.74 Å². The van der Waals surface area contributed by atoms with Crippen molar-refractivity contribution in [1.82, 2.24) is 14.2 Å². The molecule has 2 aromatic carbocycles. The van der Waals surface area contributed by atoms with Gasteiger partial charge in [-0.05, 0) is 69.6 Å². The molecule has 1 saturated heterocycles. The first kappa shape index (κ1) is 30.7. The number of hydrogen-bond donors (Lipinski definition) is 2. The number of para-hydroxylation sites is 1. The lowest BCUT2D eigenvalue weighted by Gasteiger charge is -2.36. The van der Waals surface area contributed by atoms with E-state index in [0.717, 1.165) is 68.4 Å². The summed E-state index contributed by atoms with van der Waals surface area (Å²) in [4.78, 5) is 26.0. The van der Waals surface area contributed by atoms with Gasteiger partial charge in [-0.1, -0.05) is 30.3 Å². The summed E-state index contributed by atoms with van der Waals surface area (Å²) in [5.74, 6) is -1.60. The van der Waals surface area contributed by atoms with Gasteiger partial charge in [0, 0.05) is 48.4 Å². The summed E-state index contributed by atoms with van der Waals surface area (Å²) < 4.78 is 34.1. The minimum absolute atomic E-state index is 0.0229. The molecule has 0 unspecified atom stereocenters. The SMILES string of the molecule is CN(C1CCN(CCCCOc2ccccc2)CC1)S(=O)(=O)c1cccc2cnccc12.O=C(O)C=CC(=O)O. The fourth-order valence-corrected chi connectivity index (χ4v) is 6.09. The Bertz CT molecular complexity index is 1370. The number of rotatable bonds is 11. The Kier molecular flexibility index (Phi) is 11.6. The highest BCUT2D eigenvalue weighted by atomic mass is 32.2. The van der Waals surface area contributed by atoms with Crippen molar-refractivity contribution in [3.05, 3.63) is 79.1 Å². The van der Waals surface area contributed by atoms with Crippen molar-refractivity contribution in [2.45, 2.75) is 36.6 Å². The maximum absolute atomic E-state index is 13.4. The molecule has 214 valence electrons. The van der Waals surface area contributed by atoms with Gasteiger partial charge < -0.3 is 19.8 Å². The van der Waals surface area contributed by atoms with Crippen LogP contribution in [0.1, 0.15) is 25.7 Å². The minimum Gasteiger partial charge on any atom is -0.494 e. The van der Waals surface area contributed by atoms with Gasteiger partial charge in [0.15, 0.2) is 0 Å². The van der Waals surface area contributed by atoms with Crippen LogP contribution in [0.4, 0.5) is 0 Å². The van der Waals surface area contributed by atoms with E-state index in [1.807, 2.05) is 36.4 Å². The zero-order valence-corrected chi connectivity index (χ0v) is 23.2. The fourth-order valence-electron chi connectivity index (χ4n) is 4.46. The first-order valence-corrected chi connectivity index (χ1v) is 14.5. The van der Waals surface area contributed by atoms with Crippen LogP contribution in [0.5, 0.6) is 5.75 Å². The third-order valence-corrected chi connectivity index (χ3v) is 8.59. The Morgan fingerprint density at radius 1 is 1.00 bits per heavy atom. The van der Waals surface area contributed by atoms with Crippen LogP contribution in [0, 0.1) is 0 Å². The van der Waals surface area contributed by atoms with Crippen LogP contribution in [0.3, 0.4) is 0 Å².